The molecular weight excluding hydrogens is 294 g/mol. The summed E-state index contributed by atoms with van der Waals surface area (Å²) >= 11 is 0. The maximum atomic E-state index is 12.7. The number of hydrogen-bond donors (Lipinski definition) is 1. The van der Waals surface area contributed by atoms with Gasteiger partial charge in [0, 0.05) is 19.7 Å². The van der Waals surface area contributed by atoms with E-state index in [9.17, 15) is 18.3 Å². The molecule has 8 heteroatoms. The average molecular weight is 307 g/mol. The van der Waals surface area contributed by atoms with Gasteiger partial charge in [-0.15, -0.1) is 0 Å². The van der Waals surface area contributed by atoms with E-state index < -0.39 is 22.0 Å². The minimum Gasteiger partial charge on any atom is -0.480 e. The standard InChI is InChI=1S/C13H13N3O4S/c1-15-8-10(7-14-15)21(19,20)16-11-5-3-2-4-9(11)6-12(16)13(17)18/h2-5,7-8,12H,6H2,1H3,(H,17,18). The molecule has 21 heavy (non-hydrogen) atoms. The fraction of sp³-hybridized carbons (Fsp3) is 0.231. The number of carbonyl (C=O) groups is 1. The predicted molar refractivity (Wildman–Crippen MR) is 74.4 cm³/mol. The number of sulfonamides is 1. The lowest BCUT2D eigenvalue weighted by Gasteiger charge is -2.23. The molecule has 1 unspecified atom stereocenters. The van der Waals surface area contributed by atoms with Crippen molar-refractivity contribution in [3.8, 4) is 0 Å². The third kappa shape index (κ3) is 2.07. The van der Waals surface area contributed by atoms with Crippen molar-refractivity contribution in [1.29, 1.82) is 0 Å². The topological polar surface area (TPSA) is 92.5 Å². The zero-order chi connectivity index (χ0) is 15.2. The van der Waals surface area contributed by atoms with Crippen LogP contribution in [0.2, 0.25) is 0 Å². The molecule has 0 saturated heterocycles. The largest absolute Gasteiger partial charge is 0.480 e. The Bertz CT molecular complexity index is 812. The number of aliphatic carboxylic acids is 1. The van der Waals surface area contributed by atoms with Gasteiger partial charge in [-0.1, -0.05) is 18.2 Å². The van der Waals surface area contributed by atoms with E-state index in [0.29, 0.717) is 11.3 Å². The molecule has 0 fully saturated rings. The second-order valence-electron chi connectivity index (χ2n) is 4.84. The second-order valence-corrected chi connectivity index (χ2v) is 6.65. The molecule has 1 aromatic heterocycles. The Hall–Kier alpha value is -2.35. The van der Waals surface area contributed by atoms with Crippen molar-refractivity contribution >= 4 is 21.7 Å². The van der Waals surface area contributed by atoms with Crippen LogP contribution >= 0.6 is 0 Å². The van der Waals surface area contributed by atoms with E-state index in [4.69, 9.17) is 0 Å². The van der Waals surface area contributed by atoms with E-state index in [1.807, 2.05) is 0 Å². The summed E-state index contributed by atoms with van der Waals surface area (Å²) in [6.07, 6.45) is 2.73. The number of carboxylic acids is 1. The molecule has 3 rings (SSSR count). The Kier molecular flexibility index (Phi) is 2.98. The lowest BCUT2D eigenvalue weighted by Crippen LogP contribution is -2.42. The number of aromatic nitrogens is 2. The van der Waals surface area contributed by atoms with Crippen molar-refractivity contribution in [2.45, 2.75) is 17.4 Å². The molecule has 110 valence electrons. The molecule has 0 spiro atoms. The molecule has 1 aromatic carbocycles. The molecule has 1 aliphatic rings. The van der Waals surface area contributed by atoms with Gasteiger partial charge in [-0.2, -0.15) is 5.10 Å². The van der Waals surface area contributed by atoms with Gasteiger partial charge in [0.1, 0.15) is 10.9 Å². The molecule has 0 amide bonds. The Morgan fingerprint density at radius 1 is 1.38 bits per heavy atom. The summed E-state index contributed by atoms with van der Waals surface area (Å²) in [4.78, 5) is 11.4. The van der Waals surface area contributed by atoms with Crippen LogP contribution in [-0.4, -0.2) is 35.3 Å². The van der Waals surface area contributed by atoms with Gasteiger partial charge in [0.2, 0.25) is 0 Å². The summed E-state index contributed by atoms with van der Waals surface area (Å²) in [5, 5.41) is 13.2. The molecule has 2 heterocycles. The van der Waals surface area contributed by atoms with Gasteiger partial charge in [-0.3, -0.25) is 8.99 Å². The monoisotopic (exact) mass is 307 g/mol. The number of para-hydroxylation sites is 1. The number of aryl methyl sites for hydroxylation is 1. The fourth-order valence-electron chi connectivity index (χ4n) is 2.49. The summed E-state index contributed by atoms with van der Waals surface area (Å²) in [5.74, 6) is -1.17. The van der Waals surface area contributed by atoms with Crippen molar-refractivity contribution in [1.82, 2.24) is 9.78 Å². The second kappa shape index (κ2) is 4.59. The van der Waals surface area contributed by atoms with Crippen LogP contribution in [0.4, 0.5) is 5.69 Å². The molecule has 1 N–H and O–H groups in total. The third-order valence-electron chi connectivity index (χ3n) is 3.45. The summed E-state index contributed by atoms with van der Waals surface area (Å²) < 4.78 is 27.8. The van der Waals surface area contributed by atoms with E-state index in [-0.39, 0.29) is 11.3 Å². The first kappa shape index (κ1) is 13.6. The van der Waals surface area contributed by atoms with Crippen LogP contribution in [0.5, 0.6) is 0 Å². The molecular formula is C13H13N3O4S. The summed E-state index contributed by atoms with van der Waals surface area (Å²) in [6.45, 7) is 0. The zero-order valence-corrected chi connectivity index (χ0v) is 12.0. The summed E-state index contributed by atoms with van der Waals surface area (Å²) in [5.41, 5.74) is 1.12. The average Bonchev–Trinajstić information content (AvgIpc) is 3.02. The summed E-state index contributed by atoms with van der Waals surface area (Å²) in [6, 6.07) is 5.68. The molecule has 0 aliphatic carbocycles. The maximum Gasteiger partial charge on any atom is 0.327 e. The van der Waals surface area contributed by atoms with Crippen molar-refractivity contribution in [2.75, 3.05) is 4.31 Å². The smallest absolute Gasteiger partial charge is 0.327 e. The van der Waals surface area contributed by atoms with Gasteiger partial charge >= 0.3 is 5.97 Å². The Morgan fingerprint density at radius 3 is 2.71 bits per heavy atom. The normalized spacial score (nSPS) is 17.8. The number of anilines is 1. The Labute approximate surface area is 121 Å². The lowest BCUT2D eigenvalue weighted by molar-refractivity contribution is -0.138. The minimum atomic E-state index is -3.96. The first-order valence-corrected chi connectivity index (χ1v) is 7.69. The molecule has 1 atom stereocenters. The molecule has 2 aromatic rings. The van der Waals surface area contributed by atoms with E-state index >= 15 is 0 Å². The van der Waals surface area contributed by atoms with Crippen molar-refractivity contribution in [3.63, 3.8) is 0 Å². The highest BCUT2D eigenvalue weighted by atomic mass is 32.2. The van der Waals surface area contributed by atoms with Crippen LogP contribution in [0.3, 0.4) is 0 Å². The first-order valence-electron chi connectivity index (χ1n) is 6.25. The van der Waals surface area contributed by atoms with Gasteiger partial charge in [0.05, 0.1) is 11.9 Å². The maximum absolute atomic E-state index is 12.7. The van der Waals surface area contributed by atoms with Crippen LogP contribution in [0.25, 0.3) is 0 Å². The zero-order valence-electron chi connectivity index (χ0n) is 11.2. The molecule has 0 radical (unpaired) electrons. The number of carboxylic acid groups (broad SMARTS) is 1. The van der Waals surface area contributed by atoms with Gasteiger partial charge in [-0.05, 0) is 11.6 Å². The van der Waals surface area contributed by atoms with Crippen molar-refractivity contribution in [2.24, 2.45) is 7.05 Å². The highest BCUT2D eigenvalue weighted by Crippen LogP contribution is 2.36. The molecule has 1 aliphatic heterocycles. The Morgan fingerprint density at radius 2 is 2.10 bits per heavy atom. The first-order chi connectivity index (χ1) is 9.91. The number of benzene rings is 1. The fourth-order valence-corrected chi connectivity index (χ4v) is 4.12. The van der Waals surface area contributed by atoms with Crippen LogP contribution in [0, 0.1) is 0 Å². The van der Waals surface area contributed by atoms with Crippen LogP contribution < -0.4 is 4.31 Å². The molecule has 0 saturated carbocycles. The minimum absolute atomic E-state index is 0.0204. The third-order valence-corrected chi connectivity index (χ3v) is 5.22. The van der Waals surface area contributed by atoms with E-state index in [2.05, 4.69) is 5.10 Å². The van der Waals surface area contributed by atoms with Crippen molar-refractivity contribution in [3.05, 3.63) is 42.2 Å². The highest BCUT2D eigenvalue weighted by Gasteiger charge is 2.42. The highest BCUT2D eigenvalue weighted by molar-refractivity contribution is 7.93. The number of nitrogens with zero attached hydrogens (tertiary/aromatic N) is 3. The van der Waals surface area contributed by atoms with Gasteiger partial charge in [0.25, 0.3) is 10.0 Å². The SMILES string of the molecule is Cn1cc(S(=O)(=O)N2c3ccccc3CC2C(=O)O)cn1. The van der Waals surface area contributed by atoms with Crippen LogP contribution in [0.15, 0.2) is 41.6 Å². The van der Waals surface area contributed by atoms with E-state index in [1.165, 1.54) is 17.1 Å². The van der Waals surface area contributed by atoms with Gasteiger partial charge < -0.3 is 5.11 Å². The lowest BCUT2D eigenvalue weighted by atomic mass is 10.1. The molecule has 7 nitrogen and oxygen atoms in total. The van der Waals surface area contributed by atoms with E-state index in [1.54, 1.807) is 31.3 Å². The number of hydrogen-bond acceptors (Lipinski definition) is 4. The molecule has 0 bridgehead atoms. The van der Waals surface area contributed by atoms with Crippen molar-refractivity contribution < 1.29 is 18.3 Å². The number of rotatable bonds is 3. The van der Waals surface area contributed by atoms with Gasteiger partial charge in [0.15, 0.2) is 0 Å². The predicted octanol–water partition coefficient (Wildman–Crippen LogP) is 0.625. The quantitative estimate of drug-likeness (QED) is 0.897. The number of fused-ring (bicyclic) bond motifs is 1. The Balaban J connectivity index is 2.16. The summed E-state index contributed by atoms with van der Waals surface area (Å²) in [7, 11) is -2.35. The van der Waals surface area contributed by atoms with Gasteiger partial charge in [-0.25, -0.2) is 13.2 Å². The van der Waals surface area contributed by atoms with Crippen LogP contribution in [-0.2, 0) is 28.3 Å². The van der Waals surface area contributed by atoms with Crippen LogP contribution in [0.1, 0.15) is 5.56 Å². The van der Waals surface area contributed by atoms with E-state index in [0.717, 1.165) is 4.31 Å².